The van der Waals surface area contributed by atoms with Crippen molar-refractivity contribution in [3.05, 3.63) is 35.4 Å². The van der Waals surface area contributed by atoms with Gasteiger partial charge < -0.3 is 10.5 Å². The Morgan fingerprint density at radius 1 is 1.45 bits per heavy atom. The van der Waals surface area contributed by atoms with Crippen LogP contribution in [0, 0.1) is 11.6 Å². The highest BCUT2D eigenvalue weighted by molar-refractivity contribution is 5.22. The van der Waals surface area contributed by atoms with E-state index in [0.717, 1.165) is 25.5 Å². The Hall–Kier alpha value is -1.04. The third kappa shape index (κ3) is 3.16. The van der Waals surface area contributed by atoms with Gasteiger partial charge in [-0.25, -0.2) is 8.78 Å². The number of benzene rings is 1. The zero-order valence-electron chi connectivity index (χ0n) is 12.0. The summed E-state index contributed by atoms with van der Waals surface area (Å²) in [6.45, 7) is 3.25. The highest BCUT2D eigenvalue weighted by Gasteiger charge is 2.32. The van der Waals surface area contributed by atoms with Crippen molar-refractivity contribution in [3.63, 3.8) is 0 Å². The van der Waals surface area contributed by atoms with Crippen LogP contribution in [0.4, 0.5) is 8.78 Å². The van der Waals surface area contributed by atoms with Gasteiger partial charge in [-0.05, 0) is 25.8 Å². The average molecular weight is 284 g/mol. The first-order valence-electron chi connectivity index (χ1n) is 7.00. The van der Waals surface area contributed by atoms with Gasteiger partial charge in [-0.15, -0.1) is 0 Å². The van der Waals surface area contributed by atoms with E-state index in [-0.39, 0.29) is 18.2 Å². The van der Waals surface area contributed by atoms with Crippen LogP contribution < -0.4 is 5.73 Å². The summed E-state index contributed by atoms with van der Waals surface area (Å²) in [5, 5.41) is 0. The van der Waals surface area contributed by atoms with Crippen LogP contribution in [0.5, 0.6) is 0 Å². The quantitative estimate of drug-likeness (QED) is 0.923. The van der Waals surface area contributed by atoms with Crippen LogP contribution in [0.15, 0.2) is 18.2 Å². The summed E-state index contributed by atoms with van der Waals surface area (Å²) in [4.78, 5) is 2.19. The van der Waals surface area contributed by atoms with E-state index in [1.54, 1.807) is 7.11 Å². The lowest BCUT2D eigenvalue weighted by Crippen LogP contribution is -2.49. The van der Waals surface area contributed by atoms with Crippen LogP contribution in [-0.4, -0.2) is 37.2 Å². The minimum Gasteiger partial charge on any atom is -0.381 e. The van der Waals surface area contributed by atoms with Crippen LogP contribution in [-0.2, 0) is 4.74 Å². The van der Waals surface area contributed by atoms with Crippen molar-refractivity contribution in [2.75, 3.05) is 20.2 Å². The second-order valence-electron chi connectivity index (χ2n) is 5.35. The lowest BCUT2D eigenvalue weighted by molar-refractivity contribution is -0.00216. The van der Waals surface area contributed by atoms with Crippen molar-refractivity contribution in [1.82, 2.24) is 4.90 Å². The van der Waals surface area contributed by atoms with Gasteiger partial charge in [-0.1, -0.05) is 6.07 Å². The average Bonchev–Trinajstić information content (AvgIpc) is 2.46. The molecule has 1 aromatic carbocycles. The molecular formula is C15H22F2N2O. The van der Waals surface area contributed by atoms with Gasteiger partial charge in [0.15, 0.2) is 0 Å². The van der Waals surface area contributed by atoms with E-state index < -0.39 is 11.6 Å². The molecule has 0 radical (unpaired) electrons. The summed E-state index contributed by atoms with van der Waals surface area (Å²) in [6, 6.07) is 3.79. The summed E-state index contributed by atoms with van der Waals surface area (Å²) < 4.78 is 32.3. The molecule has 112 valence electrons. The fourth-order valence-corrected chi connectivity index (χ4v) is 3.01. The number of rotatable bonds is 4. The molecule has 2 N–H and O–H groups in total. The van der Waals surface area contributed by atoms with Crippen molar-refractivity contribution in [2.45, 2.75) is 38.0 Å². The Bertz CT molecular complexity index is 455. The summed E-state index contributed by atoms with van der Waals surface area (Å²) in [6.07, 6.45) is 1.96. The van der Waals surface area contributed by atoms with Gasteiger partial charge in [0, 0.05) is 43.9 Å². The third-order valence-corrected chi connectivity index (χ3v) is 4.23. The van der Waals surface area contributed by atoms with Crippen molar-refractivity contribution >= 4 is 0 Å². The number of piperidine rings is 1. The van der Waals surface area contributed by atoms with Crippen molar-refractivity contribution in [1.29, 1.82) is 0 Å². The van der Waals surface area contributed by atoms with Crippen LogP contribution in [0.3, 0.4) is 0 Å². The van der Waals surface area contributed by atoms with Crippen LogP contribution in [0.1, 0.15) is 31.4 Å². The second kappa shape index (κ2) is 6.61. The lowest BCUT2D eigenvalue weighted by atomic mass is 9.95. The minimum atomic E-state index is -0.549. The molecule has 0 aromatic heterocycles. The van der Waals surface area contributed by atoms with E-state index in [0.29, 0.717) is 12.1 Å². The normalized spacial score (nSPS) is 25.6. The molecule has 1 saturated heterocycles. The van der Waals surface area contributed by atoms with E-state index in [4.69, 9.17) is 10.5 Å². The van der Waals surface area contributed by atoms with Crippen LogP contribution >= 0.6 is 0 Å². The summed E-state index contributed by atoms with van der Waals surface area (Å²) in [5.41, 5.74) is 6.35. The number of ether oxygens (including phenoxy) is 1. The highest BCUT2D eigenvalue weighted by atomic mass is 19.1. The molecule has 0 amide bonds. The van der Waals surface area contributed by atoms with Crippen molar-refractivity contribution in [3.8, 4) is 0 Å². The van der Waals surface area contributed by atoms with Gasteiger partial charge in [0.2, 0.25) is 0 Å². The molecule has 2 rings (SSSR count). The van der Waals surface area contributed by atoms with Gasteiger partial charge >= 0.3 is 0 Å². The second-order valence-corrected chi connectivity index (χ2v) is 5.35. The molecular weight excluding hydrogens is 262 g/mol. The molecule has 0 saturated carbocycles. The van der Waals surface area contributed by atoms with Gasteiger partial charge in [-0.3, -0.25) is 4.90 Å². The van der Waals surface area contributed by atoms with Gasteiger partial charge in [0.25, 0.3) is 0 Å². The SMILES string of the molecule is COC1CCN(C(C)c2ccc(F)cc2F)C(CN)C1. The first-order valence-corrected chi connectivity index (χ1v) is 7.00. The monoisotopic (exact) mass is 284 g/mol. The van der Waals surface area contributed by atoms with Crippen LogP contribution in [0.2, 0.25) is 0 Å². The van der Waals surface area contributed by atoms with E-state index in [1.165, 1.54) is 12.1 Å². The zero-order valence-corrected chi connectivity index (χ0v) is 12.0. The van der Waals surface area contributed by atoms with Gasteiger partial charge in [0.05, 0.1) is 6.10 Å². The molecule has 0 aliphatic carbocycles. The largest absolute Gasteiger partial charge is 0.381 e. The molecule has 0 spiro atoms. The maximum atomic E-state index is 13.9. The molecule has 3 nitrogen and oxygen atoms in total. The highest BCUT2D eigenvalue weighted by Crippen LogP contribution is 2.30. The predicted molar refractivity (Wildman–Crippen MR) is 74.4 cm³/mol. The smallest absolute Gasteiger partial charge is 0.130 e. The summed E-state index contributed by atoms with van der Waals surface area (Å²) in [7, 11) is 1.71. The fourth-order valence-electron chi connectivity index (χ4n) is 3.01. The van der Waals surface area contributed by atoms with E-state index in [9.17, 15) is 8.78 Å². The molecule has 20 heavy (non-hydrogen) atoms. The number of hydrogen-bond donors (Lipinski definition) is 1. The number of halogens is 2. The summed E-state index contributed by atoms with van der Waals surface area (Å²) in [5.74, 6) is -1.05. The molecule has 0 bridgehead atoms. The van der Waals surface area contributed by atoms with E-state index in [1.807, 2.05) is 6.92 Å². The van der Waals surface area contributed by atoms with E-state index >= 15 is 0 Å². The molecule has 3 atom stereocenters. The molecule has 1 heterocycles. The Morgan fingerprint density at radius 2 is 2.20 bits per heavy atom. The Labute approximate surface area is 118 Å². The fraction of sp³-hybridized carbons (Fsp3) is 0.600. The first kappa shape index (κ1) is 15.4. The maximum absolute atomic E-state index is 13.9. The van der Waals surface area contributed by atoms with Crippen LogP contribution in [0.25, 0.3) is 0 Å². The van der Waals surface area contributed by atoms with Gasteiger partial charge in [-0.2, -0.15) is 0 Å². The number of hydrogen-bond acceptors (Lipinski definition) is 3. The molecule has 1 aliphatic rings. The molecule has 1 aliphatic heterocycles. The number of likely N-dealkylation sites (tertiary alicyclic amines) is 1. The Balaban J connectivity index is 2.17. The minimum absolute atomic E-state index is 0.123. The number of methoxy groups -OCH3 is 1. The first-order chi connectivity index (χ1) is 9.56. The van der Waals surface area contributed by atoms with E-state index in [2.05, 4.69) is 4.90 Å². The number of nitrogens with zero attached hydrogens (tertiary/aromatic N) is 1. The van der Waals surface area contributed by atoms with Crippen molar-refractivity contribution in [2.24, 2.45) is 5.73 Å². The predicted octanol–water partition coefficient (Wildman–Crippen LogP) is 2.46. The standard InChI is InChI=1S/C15H22F2N2O/c1-10(14-4-3-11(16)7-15(14)17)19-6-5-13(20-2)8-12(19)9-18/h3-4,7,10,12-13H,5-6,8-9,18H2,1-2H3. The lowest BCUT2D eigenvalue weighted by Gasteiger charge is -2.42. The third-order valence-electron chi connectivity index (χ3n) is 4.23. The van der Waals surface area contributed by atoms with Crippen molar-refractivity contribution < 1.29 is 13.5 Å². The molecule has 3 unspecified atom stereocenters. The molecule has 1 aromatic rings. The molecule has 1 fully saturated rings. The summed E-state index contributed by atoms with van der Waals surface area (Å²) >= 11 is 0. The van der Waals surface area contributed by atoms with Gasteiger partial charge in [0.1, 0.15) is 11.6 Å². The Morgan fingerprint density at radius 3 is 2.80 bits per heavy atom. The Kier molecular flexibility index (Phi) is 5.07. The maximum Gasteiger partial charge on any atom is 0.130 e. The number of nitrogens with two attached hydrogens (primary N) is 1. The zero-order chi connectivity index (χ0) is 14.7. The topological polar surface area (TPSA) is 38.5 Å². The molecule has 5 heteroatoms.